The van der Waals surface area contributed by atoms with Crippen LogP contribution in [0.15, 0.2) is 59.1 Å². The van der Waals surface area contributed by atoms with E-state index >= 15 is 0 Å². The summed E-state index contributed by atoms with van der Waals surface area (Å²) in [7, 11) is 0. The molecule has 0 heterocycles. The highest BCUT2D eigenvalue weighted by Gasteiger charge is 2.09. The lowest BCUT2D eigenvalue weighted by Crippen LogP contribution is -2.15. The molecule has 0 saturated heterocycles. The van der Waals surface area contributed by atoms with Gasteiger partial charge in [-0.3, -0.25) is 0 Å². The molecule has 0 aliphatic heterocycles. The Balaban J connectivity index is 2.00. The summed E-state index contributed by atoms with van der Waals surface area (Å²) in [4.78, 5) is 0. The summed E-state index contributed by atoms with van der Waals surface area (Å²) in [6.07, 6.45) is -0.0508. The molecule has 1 unspecified atom stereocenters. The minimum absolute atomic E-state index is 0.0508. The quantitative estimate of drug-likeness (QED) is 0.915. The summed E-state index contributed by atoms with van der Waals surface area (Å²) < 4.78 is 6.94. The first-order valence-corrected chi connectivity index (χ1v) is 6.70. The fourth-order valence-electron chi connectivity index (χ4n) is 1.79. The van der Waals surface area contributed by atoms with Crippen LogP contribution in [0.25, 0.3) is 0 Å². The first kappa shape index (κ1) is 13.3. The molecule has 94 valence electrons. The molecule has 0 fully saturated rings. The van der Waals surface area contributed by atoms with Gasteiger partial charge in [-0.1, -0.05) is 58.4 Å². The van der Waals surface area contributed by atoms with Gasteiger partial charge in [0.05, 0.1) is 12.7 Å². The molecule has 2 rings (SSSR count). The molecule has 3 heteroatoms. The summed E-state index contributed by atoms with van der Waals surface area (Å²) in [5.41, 5.74) is 8.02. The standard InChI is InChI=1S/C15H16BrNO/c16-14-8-4-5-12(9-14)11-18-15(10-17)13-6-2-1-3-7-13/h1-9,15H,10-11,17H2. The van der Waals surface area contributed by atoms with Gasteiger partial charge in [0.25, 0.3) is 0 Å². The first-order chi connectivity index (χ1) is 8.79. The van der Waals surface area contributed by atoms with Crippen LogP contribution >= 0.6 is 15.9 Å². The van der Waals surface area contributed by atoms with Crippen molar-refractivity contribution < 1.29 is 4.74 Å². The lowest BCUT2D eigenvalue weighted by molar-refractivity contribution is 0.0456. The van der Waals surface area contributed by atoms with Gasteiger partial charge in [0.15, 0.2) is 0 Å². The second kappa shape index (κ2) is 6.69. The Morgan fingerprint density at radius 3 is 2.50 bits per heavy atom. The molecular weight excluding hydrogens is 290 g/mol. The van der Waals surface area contributed by atoms with Crippen LogP contribution in [-0.2, 0) is 11.3 Å². The normalized spacial score (nSPS) is 12.3. The van der Waals surface area contributed by atoms with E-state index in [9.17, 15) is 0 Å². The van der Waals surface area contributed by atoms with Gasteiger partial charge in [0.1, 0.15) is 0 Å². The van der Waals surface area contributed by atoms with E-state index in [2.05, 4.69) is 22.0 Å². The van der Waals surface area contributed by atoms with Gasteiger partial charge in [-0.25, -0.2) is 0 Å². The Labute approximate surface area is 116 Å². The highest BCUT2D eigenvalue weighted by molar-refractivity contribution is 9.10. The molecule has 2 aromatic carbocycles. The van der Waals surface area contributed by atoms with Crippen LogP contribution in [0.2, 0.25) is 0 Å². The van der Waals surface area contributed by atoms with Crippen LogP contribution < -0.4 is 5.73 Å². The Morgan fingerprint density at radius 1 is 1.06 bits per heavy atom. The lowest BCUT2D eigenvalue weighted by atomic mass is 10.1. The summed E-state index contributed by atoms with van der Waals surface area (Å²) in [5, 5.41) is 0. The van der Waals surface area contributed by atoms with Gasteiger partial charge in [0.2, 0.25) is 0 Å². The first-order valence-electron chi connectivity index (χ1n) is 5.90. The fraction of sp³-hybridized carbons (Fsp3) is 0.200. The smallest absolute Gasteiger partial charge is 0.0951 e. The third-order valence-electron chi connectivity index (χ3n) is 2.73. The summed E-state index contributed by atoms with van der Waals surface area (Å²) >= 11 is 3.45. The molecule has 2 aromatic rings. The monoisotopic (exact) mass is 305 g/mol. The molecule has 2 nitrogen and oxygen atoms in total. The minimum atomic E-state index is -0.0508. The van der Waals surface area contributed by atoms with E-state index in [0.29, 0.717) is 13.2 Å². The Morgan fingerprint density at radius 2 is 1.83 bits per heavy atom. The van der Waals surface area contributed by atoms with Crippen LogP contribution in [0.3, 0.4) is 0 Å². The highest BCUT2D eigenvalue weighted by atomic mass is 79.9. The molecular formula is C15H16BrNO. The molecule has 0 aliphatic rings. The lowest BCUT2D eigenvalue weighted by Gasteiger charge is -2.16. The summed E-state index contributed by atoms with van der Waals surface area (Å²) in [6.45, 7) is 1.05. The van der Waals surface area contributed by atoms with Crippen molar-refractivity contribution in [3.8, 4) is 0 Å². The molecule has 2 N–H and O–H groups in total. The molecule has 0 spiro atoms. The molecule has 0 bridgehead atoms. The number of nitrogens with two attached hydrogens (primary N) is 1. The minimum Gasteiger partial charge on any atom is -0.368 e. The number of hydrogen-bond donors (Lipinski definition) is 1. The Hall–Kier alpha value is -1.16. The maximum atomic E-state index is 5.87. The van der Waals surface area contributed by atoms with E-state index < -0.39 is 0 Å². The third-order valence-corrected chi connectivity index (χ3v) is 3.22. The summed E-state index contributed by atoms with van der Waals surface area (Å²) in [5.74, 6) is 0. The zero-order valence-corrected chi connectivity index (χ0v) is 11.6. The number of hydrogen-bond acceptors (Lipinski definition) is 2. The summed E-state index contributed by atoms with van der Waals surface area (Å²) in [6, 6.07) is 18.2. The van der Waals surface area contributed by atoms with Crippen LogP contribution in [0.5, 0.6) is 0 Å². The molecule has 0 saturated carbocycles. The van der Waals surface area contributed by atoms with Crippen molar-refractivity contribution in [2.45, 2.75) is 12.7 Å². The molecule has 18 heavy (non-hydrogen) atoms. The SMILES string of the molecule is NCC(OCc1cccc(Br)c1)c1ccccc1. The zero-order valence-electron chi connectivity index (χ0n) is 10.1. The van der Waals surface area contributed by atoms with Crippen LogP contribution in [0.1, 0.15) is 17.2 Å². The predicted octanol–water partition coefficient (Wildman–Crippen LogP) is 3.67. The van der Waals surface area contributed by atoms with Gasteiger partial charge in [-0.05, 0) is 23.3 Å². The van der Waals surface area contributed by atoms with Crippen molar-refractivity contribution in [1.29, 1.82) is 0 Å². The third kappa shape index (κ3) is 3.67. The van der Waals surface area contributed by atoms with Crippen LogP contribution in [-0.4, -0.2) is 6.54 Å². The molecule has 1 atom stereocenters. The van der Waals surface area contributed by atoms with E-state index in [1.54, 1.807) is 0 Å². The van der Waals surface area contributed by atoms with Crippen molar-refractivity contribution in [2.75, 3.05) is 6.54 Å². The predicted molar refractivity (Wildman–Crippen MR) is 77.2 cm³/mol. The average Bonchev–Trinajstić information content (AvgIpc) is 2.41. The Kier molecular flexibility index (Phi) is 4.93. The van der Waals surface area contributed by atoms with Gasteiger partial charge < -0.3 is 10.5 Å². The molecule has 0 radical (unpaired) electrons. The van der Waals surface area contributed by atoms with E-state index in [-0.39, 0.29) is 6.10 Å². The van der Waals surface area contributed by atoms with Gasteiger partial charge >= 0.3 is 0 Å². The van der Waals surface area contributed by atoms with Crippen molar-refractivity contribution in [2.24, 2.45) is 5.73 Å². The maximum absolute atomic E-state index is 5.87. The number of rotatable bonds is 5. The van der Waals surface area contributed by atoms with Crippen molar-refractivity contribution in [3.05, 3.63) is 70.2 Å². The van der Waals surface area contributed by atoms with Gasteiger partial charge in [-0.2, -0.15) is 0 Å². The van der Waals surface area contributed by atoms with E-state index in [1.807, 2.05) is 48.5 Å². The van der Waals surface area contributed by atoms with E-state index in [0.717, 1.165) is 15.6 Å². The largest absolute Gasteiger partial charge is 0.368 e. The number of ether oxygens (including phenoxy) is 1. The second-order valence-electron chi connectivity index (χ2n) is 4.08. The Bertz CT molecular complexity index is 487. The number of halogens is 1. The van der Waals surface area contributed by atoms with Gasteiger partial charge in [0, 0.05) is 11.0 Å². The van der Waals surface area contributed by atoms with Crippen molar-refractivity contribution in [3.63, 3.8) is 0 Å². The van der Waals surface area contributed by atoms with Crippen LogP contribution in [0.4, 0.5) is 0 Å². The second-order valence-corrected chi connectivity index (χ2v) is 4.99. The van der Waals surface area contributed by atoms with E-state index in [1.165, 1.54) is 0 Å². The number of benzene rings is 2. The topological polar surface area (TPSA) is 35.2 Å². The molecule has 0 aliphatic carbocycles. The molecule has 0 aromatic heterocycles. The average molecular weight is 306 g/mol. The van der Waals surface area contributed by atoms with Crippen molar-refractivity contribution in [1.82, 2.24) is 0 Å². The highest BCUT2D eigenvalue weighted by Crippen LogP contribution is 2.19. The maximum Gasteiger partial charge on any atom is 0.0951 e. The fourth-order valence-corrected chi connectivity index (χ4v) is 2.24. The van der Waals surface area contributed by atoms with Crippen LogP contribution in [0, 0.1) is 0 Å². The zero-order chi connectivity index (χ0) is 12.8. The molecule has 0 amide bonds. The van der Waals surface area contributed by atoms with Gasteiger partial charge in [-0.15, -0.1) is 0 Å². The van der Waals surface area contributed by atoms with Crippen molar-refractivity contribution >= 4 is 15.9 Å². The van der Waals surface area contributed by atoms with E-state index in [4.69, 9.17) is 10.5 Å².